The lowest BCUT2D eigenvalue weighted by Gasteiger charge is -2.07. The minimum absolute atomic E-state index is 0. The number of halogens is 1. The molecule has 0 fully saturated rings. The minimum atomic E-state index is 0. The number of hydrogen-bond acceptors (Lipinski definition) is 1. The number of hydrogen-bond donors (Lipinski definition) is 1. The topological polar surface area (TPSA) is 21.5 Å². The van der Waals surface area contributed by atoms with E-state index in [1.165, 1.54) is 10.5 Å². The zero-order chi connectivity index (χ0) is 13.0. The molecule has 0 unspecified atom stereocenters. The van der Waals surface area contributed by atoms with Crippen LogP contribution in [0, 0.1) is 0 Å². The third-order valence-corrected chi connectivity index (χ3v) is 2.81. The van der Waals surface area contributed by atoms with Gasteiger partial charge >= 0.3 is 0 Å². The number of nitrogens with one attached hydrogen (secondary N) is 1. The first-order valence-electron chi connectivity index (χ1n) is 6.14. The van der Waals surface area contributed by atoms with Crippen molar-refractivity contribution in [1.82, 2.24) is 0 Å². The lowest BCUT2D eigenvalue weighted by molar-refractivity contribution is -0.872. The molecule has 0 aromatic heterocycles. The maximum atomic E-state index is 12.2. The van der Waals surface area contributed by atoms with Crippen LogP contribution < -0.4 is 17.3 Å². The van der Waals surface area contributed by atoms with Crippen molar-refractivity contribution >= 4 is 5.78 Å². The predicted molar refractivity (Wildman–Crippen MR) is 72.8 cm³/mol. The molecule has 0 aliphatic heterocycles. The Bertz CT molecular complexity index is 520. The van der Waals surface area contributed by atoms with Gasteiger partial charge in [-0.3, -0.25) is 4.79 Å². The van der Waals surface area contributed by atoms with Crippen molar-refractivity contribution in [2.45, 2.75) is 6.54 Å². The fraction of sp³-hybridized carbons (Fsp3) is 0.188. The van der Waals surface area contributed by atoms with Crippen molar-refractivity contribution in [2.24, 2.45) is 0 Å². The van der Waals surface area contributed by atoms with Crippen molar-refractivity contribution in [3.63, 3.8) is 0 Å². The average Bonchev–Trinajstić information content (AvgIpc) is 2.39. The quantitative estimate of drug-likeness (QED) is 0.679. The molecular weight excluding hydrogens is 258 g/mol. The molecule has 2 aromatic carbocycles. The molecule has 0 saturated heterocycles. The molecule has 0 saturated carbocycles. The summed E-state index contributed by atoms with van der Waals surface area (Å²) in [6, 6.07) is 17.3. The molecule has 0 aliphatic carbocycles. The van der Waals surface area contributed by atoms with Crippen molar-refractivity contribution < 1.29 is 22.1 Å². The number of rotatable bonds is 4. The van der Waals surface area contributed by atoms with Crippen molar-refractivity contribution in [1.29, 1.82) is 0 Å². The zero-order valence-corrected chi connectivity index (χ0v) is 11.9. The van der Waals surface area contributed by atoms with Gasteiger partial charge in [-0.25, -0.2) is 0 Å². The monoisotopic (exact) mass is 275 g/mol. The summed E-state index contributed by atoms with van der Waals surface area (Å²) in [4.78, 5) is 13.5. The summed E-state index contributed by atoms with van der Waals surface area (Å²) in [5, 5.41) is 0. The van der Waals surface area contributed by atoms with Gasteiger partial charge in [-0.05, 0) is 0 Å². The highest BCUT2D eigenvalue weighted by atomic mass is 35.5. The van der Waals surface area contributed by atoms with Crippen LogP contribution in [0.4, 0.5) is 0 Å². The molecule has 2 rings (SSSR count). The van der Waals surface area contributed by atoms with E-state index in [9.17, 15) is 4.79 Å². The summed E-state index contributed by atoms with van der Waals surface area (Å²) in [5.41, 5.74) is 2.74. The van der Waals surface area contributed by atoms with E-state index in [2.05, 4.69) is 14.1 Å². The summed E-state index contributed by atoms with van der Waals surface area (Å²) in [5.74, 6) is 0.0827. The summed E-state index contributed by atoms with van der Waals surface area (Å²) < 4.78 is 0. The van der Waals surface area contributed by atoms with E-state index in [0.29, 0.717) is 0 Å². The summed E-state index contributed by atoms with van der Waals surface area (Å²) in [6.45, 7) is 0.972. The van der Waals surface area contributed by atoms with Gasteiger partial charge < -0.3 is 17.3 Å². The molecule has 0 aliphatic rings. The highest BCUT2D eigenvalue weighted by molar-refractivity contribution is 6.08. The molecule has 100 valence electrons. The van der Waals surface area contributed by atoms with E-state index in [0.717, 1.165) is 17.7 Å². The molecule has 0 spiro atoms. The molecular formula is C16H18ClNO. The Kier molecular flexibility index (Phi) is 5.74. The number of carbonyl (C=O) groups is 1. The van der Waals surface area contributed by atoms with Gasteiger partial charge in [0.2, 0.25) is 0 Å². The minimum Gasteiger partial charge on any atom is -1.00 e. The Balaban J connectivity index is 0.00000180. The molecule has 0 bridgehead atoms. The summed E-state index contributed by atoms with van der Waals surface area (Å²) in [6.07, 6.45) is 0. The third kappa shape index (κ3) is 4.19. The summed E-state index contributed by atoms with van der Waals surface area (Å²) >= 11 is 0. The third-order valence-electron chi connectivity index (χ3n) is 2.81. The molecule has 2 aromatic rings. The van der Waals surface area contributed by atoms with Crippen LogP contribution >= 0.6 is 0 Å². The molecule has 0 amide bonds. The van der Waals surface area contributed by atoms with E-state index in [4.69, 9.17) is 0 Å². The van der Waals surface area contributed by atoms with E-state index in [1.54, 1.807) is 0 Å². The molecule has 1 N–H and O–H groups in total. The van der Waals surface area contributed by atoms with Gasteiger partial charge in [-0.2, -0.15) is 0 Å². The molecule has 0 atom stereocenters. The second-order valence-electron chi connectivity index (χ2n) is 4.78. The first-order chi connectivity index (χ1) is 8.66. The first-order valence-corrected chi connectivity index (χ1v) is 6.14. The van der Waals surface area contributed by atoms with Crippen molar-refractivity contribution in [3.8, 4) is 0 Å². The zero-order valence-electron chi connectivity index (χ0n) is 11.2. The summed E-state index contributed by atoms with van der Waals surface area (Å²) in [7, 11) is 4.23. The number of benzene rings is 2. The fourth-order valence-corrected chi connectivity index (χ4v) is 1.94. The predicted octanol–water partition coefficient (Wildman–Crippen LogP) is -1.43. The smallest absolute Gasteiger partial charge is 0.193 e. The Hall–Kier alpha value is -1.64. The van der Waals surface area contributed by atoms with Gasteiger partial charge in [0.05, 0.1) is 14.1 Å². The normalized spacial score (nSPS) is 10.1. The van der Waals surface area contributed by atoms with Gasteiger partial charge in [0, 0.05) is 16.7 Å². The van der Waals surface area contributed by atoms with Crippen LogP contribution in [-0.2, 0) is 6.54 Å². The standard InChI is InChI=1S/C16H17NO.ClH/c1-17(2)12-13-8-10-15(11-9-13)16(18)14-6-4-3-5-7-14;/h3-11H,12H2,1-2H3;1H. The highest BCUT2D eigenvalue weighted by Gasteiger charge is 2.08. The van der Waals surface area contributed by atoms with E-state index in [-0.39, 0.29) is 18.2 Å². The molecule has 19 heavy (non-hydrogen) atoms. The van der Waals surface area contributed by atoms with Crippen molar-refractivity contribution in [2.75, 3.05) is 14.1 Å². The number of carbonyl (C=O) groups excluding carboxylic acids is 1. The van der Waals surface area contributed by atoms with Crippen LogP contribution in [0.2, 0.25) is 0 Å². The largest absolute Gasteiger partial charge is 1.00 e. The maximum absolute atomic E-state index is 12.2. The van der Waals surface area contributed by atoms with E-state index < -0.39 is 0 Å². The van der Waals surface area contributed by atoms with Crippen LogP contribution in [0.1, 0.15) is 21.5 Å². The number of ketones is 1. The van der Waals surface area contributed by atoms with E-state index >= 15 is 0 Å². The Morgan fingerprint density at radius 2 is 1.42 bits per heavy atom. The van der Waals surface area contributed by atoms with E-state index in [1.807, 2.05) is 54.6 Å². The van der Waals surface area contributed by atoms with Crippen LogP contribution in [0.5, 0.6) is 0 Å². The molecule has 3 heteroatoms. The first kappa shape index (κ1) is 15.4. The second-order valence-corrected chi connectivity index (χ2v) is 4.78. The van der Waals surface area contributed by atoms with Gasteiger partial charge in [-0.15, -0.1) is 0 Å². The van der Waals surface area contributed by atoms with Crippen LogP contribution in [0.15, 0.2) is 54.6 Å². The molecule has 0 radical (unpaired) electrons. The number of quaternary nitrogens is 1. The lowest BCUT2D eigenvalue weighted by Crippen LogP contribution is -3.04. The van der Waals surface area contributed by atoms with Gasteiger partial charge in [-0.1, -0.05) is 54.6 Å². The lowest BCUT2D eigenvalue weighted by atomic mass is 10.0. The molecule has 0 heterocycles. The average molecular weight is 276 g/mol. The van der Waals surface area contributed by atoms with Gasteiger partial charge in [0.15, 0.2) is 5.78 Å². The fourth-order valence-electron chi connectivity index (χ4n) is 1.94. The second kappa shape index (κ2) is 7.07. The highest BCUT2D eigenvalue weighted by Crippen LogP contribution is 2.10. The Morgan fingerprint density at radius 3 is 1.95 bits per heavy atom. The van der Waals surface area contributed by atoms with Crippen LogP contribution in [0.3, 0.4) is 0 Å². The van der Waals surface area contributed by atoms with Crippen LogP contribution in [-0.4, -0.2) is 19.9 Å². The van der Waals surface area contributed by atoms with Crippen molar-refractivity contribution in [3.05, 3.63) is 71.3 Å². The SMILES string of the molecule is C[NH+](C)Cc1ccc(C(=O)c2ccccc2)cc1.[Cl-]. The molecule has 2 nitrogen and oxygen atoms in total. The van der Waals surface area contributed by atoms with Gasteiger partial charge in [0.25, 0.3) is 0 Å². The maximum Gasteiger partial charge on any atom is 0.193 e. The van der Waals surface area contributed by atoms with Crippen LogP contribution in [0.25, 0.3) is 0 Å². The Labute approximate surface area is 120 Å². The van der Waals surface area contributed by atoms with Gasteiger partial charge in [0.1, 0.15) is 6.54 Å². The Morgan fingerprint density at radius 1 is 0.895 bits per heavy atom.